The number of para-hydroxylation sites is 1. The predicted molar refractivity (Wildman–Crippen MR) is 123 cm³/mol. The van der Waals surface area contributed by atoms with Gasteiger partial charge in [0, 0.05) is 21.8 Å². The van der Waals surface area contributed by atoms with Gasteiger partial charge >= 0.3 is 0 Å². The molecule has 148 valence electrons. The molecule has 5 heteroatoms. The second-order valence-corrected chi connectivity index (χ2v) is 8.75. The number of nitrogens with one attached hydrogen (secondary N) is 1. The number of amides is 1. The molecular weight excluding hydrogens is 400 g/mol. The minimum Gasteiger partial charge on any atom is -0.322 e. The lowest BCUT2D eigenvalue weighted by Gasteiger charge is -2.12. The number of anilines is 1. The SMILES string of the molecule is O=C(Nc1ccccc1)c1c(N=Cc2ccc(Cl)cc2)sc2c1CCCCCC2. The number of carbonyl (C=O) groups is 1. The molecule has 0 atom stereocenters. The van der Waals surface area contributed by atoms with Crippen LogP contribution in [0.1, 0.15) is 52.0 Å². The Morgan fingerprint density at radius 2 is 1.69 bits per heavy atom. The molecule has 1 aromatic heterocycles. The summed E-state index contributed by atoms with van der Waals surface area (Å²) in [5.74, 6) is -0.0717. The van der Waals surface area contributed by atoms with Gasteiger partial charge in [0.2, 0.25) is 0 Å². The number of thiophene rings is 1. The number of aliphatic imine (C=N–C) groups is 1. The minimum atomic E-state index is -0.0717. The van der Waals surface area contributed by atoms with Crippen LogP contribution in [0.5, 0.6) is 0 Å². The van der Waals surface area contributed by atoms with Gasteiger partial charge in [-0.05, 0) is 61.1 Å². The molecule has 2 aromatic carbocycles. The lowest BCUT2D eigenvalue weighted by molar-refractivity contribution is 0.102. The first-order valence-electron chi connectivity index (χ1n) is 10.0. The van der Waals surface area contributed by atoms with Crippen LogP contribution < -0.4 is 5.32 Å². The Labute approximate surface area is 180 Å². The van der Waals surface area contributed by atoms with Gasteiger partial charge in [0.25, 0.3) is 5.91 Å². The Bertz CT molecular complexity index is 1010. The second-order valence-electron chi connectivity index (χ2n) is 7.23. The lowest BCUT2D eigenvalue weighted by atomic mass is 9.96. The summed E-state index contributed by atoms with van der Waals surface area (Å²) >= 11 is 7.64. The average molecular weight is 423 g/mol. The third-order valence-electron chi connectivity index (χ3n) is 5.11. The third kappa shape index (κ3) is 4.95. The molecule has 0 unspecified atom stereocenters. The molecule has 1 heterocycles. The van der Waals surface area contributed by atoms with Gasteiger partial charge in [0.05, 0.1) is 5.56 Å². The fraction of sp³-hybridized carbons (Fsp3) is 0.250. The average Bonchev–Trinajstić information content (AvgIpc) is 3.05. The summed E-state index contributed by atoms with van der Waals surface area (Å²) in [4.78, 5) is 19.3. The van der Waals surface area contributed by atoms with Crippen molar-refractivity contribution in [2.24, 2.45) is 4.99 Å². The minimum absolute atomic E-state index is 0.0717. The first-order chi connectivity index (χ1) is 14.2. The van der Waals surface area contributed by atoms with Crippen LogP contribution in [0.3, 0.4) is 0 Å². The molecule has 1 aliphatic carbocycles. The number of fused-ring (bicyclic) bond motifs is 1. The Balaban J connectivity index is 1.70. The van der Waals surface area contributed by atoms with E-state index in [1.807, 2.05) is 60.8 Å². The largest absolute Gasteiger partial charge is 0.322 e. The molecule has 3 aromatic rings. The first-order valence-corrected chi connectivity index (χ1v) is 11.2. The highest BCUT2D eigenvalue weighted by molar-refractivity contribution is 7.16. The zero-order valence-electron chi connectivity index (χ0n) is 16.2. The van der Waals surface area contributed by atoms with Crippen molar-refractivity contribution in [1.82, 2.24) is 0 Å². The van der Waals surface area contributed by atoms with E-state index in [-0.39, 0.29) is 5.91 Å². The highest BCUT2D eigenvalue weighted by atomic mass is 35.5. The number of hydrogen-bond donors (Lipinski definition) is 1. The van der Waals surface area contributed by atoms with Gasteiger partial charge < -0.3 is 5.32 Å². The van der Waals surface area contributed by atoms with Crippen molar-refractivity contribution in [2.75, 3.05) is 5.32 Å². The van der Waals surface area contributed by atoms with E-state index in [0.717, 1.165) is 41.1 Å². The lowest BCUT2D eigenvalue weighted by Crippen LogP contribution is -2.14. The fourth-order valence-corrected chi connectivity index (χ4v) is 4.98. The molecule has 1 aliphatic rings. The number of halogens is 1. The number of nitrogens with zero attached hydrogens (tertiary/aromatic N) is 1. The van der Waals surface area contributed by atoms with Crippen LogP contribution in [0.4, 0.5) is 10.7 Å². The van der Waals surface area contributed by atoms with Crippen LogP contribution >= 0.6 is 22.9 Å². The van der Waals surface area contributed by atoms with E-state index < -0.39 is 0 Å². The molecule has 0 aliphatic heterocycles. The van der Waals surface area contributed by atoms with Gasteiger partial charge in [0.1, 0.15) is 5.00 Å². The quantitative estimate of drug-likeness (QED) is 0.449. The maximum absolute atomic E-state index is 13.2. The maximum atomic E-state index is 13.2. The number of carbonyl (C=O) groups excluding carboxylic acids is 1. The third-order valence-corrected chi connectivity index (χ3v) is 6.56. The molecule has 0 spiro atoms. The second kappa shape index (κ2) is 9.38. The summed E-state index contributed by atoms with van der Waals surface area (Å²) in [6, 6.07) is 17.2. The molecule has 0 saturated heterocycles. The summed E-state index contributed by atoms with van der Waals surface area (Å²) in [6.07, 6.45) is 8.56. The van der Waals surface area contributed by atoms with Gasteiger partial charge in [-0.2, -0.15) is 0 Å². The number of hydrogen-bond acceptors (Lipinski definition) is 3. The Morgan fingerprint density at radius 1 is 0.966 bits per heavy atom. The maximum Gasteiger partial charge on any atom is 0.259 e. The van der Waals surface area contributed by atoms with Crippen molar-refractivity contribution in [1.29, 1.82) is 0 Å². The predicted octanol–water partition coefficient (Wildman–Crippen LogP) is 7.06. The van der Waals surface area contributed by atoms with Crippen LogP contribution in [0.15, 0.2) is 59.6 Å². The molecule has 4 rings (SSSR count). The van der Waals surface area contributed by atoms with Gasteiger partial charge in [-0.15, -0.1) is 11.3 Å². The van der Waals surface area contributed by atoms with E-state index in [1.165, 1.54) is 29.7 Å². The van der Waals surface area contributed by atoms with Gasteiger partial charge in [-0.1, -0.05) is 54.8 Å². The number of rotatable bonds is 4. The molecule has 0 radical (unpaired) electrons. The Hall–Kier alpha value is -2.43. The van der Waals surface area contributed by atoms with E-state index in [4.69, 9.17) is 16.6 Å². The summed E-state index contributed by atoms with van der Waals surface area (Å²) in [6.45, 7) is 0. The molecular formula is C24H23ClN2OS. The number of benzene rings is 2. The number of aryl methyl sites for hydroxylation is 1. The van der Waals surface area contributed by atoms with Gasteiger partial charge in [0.15, 0.2) is 0 Å². The van der Waals surface area contributed by atoms with E-state index in [1.54, 1.807) is 11.3 Å². The van der Waals surface area contributed by atoms with Crippen LogP contribution in [-0.2, 0) is 12.8 Å². The van der Waals surface area contributed by atoms with Gasteiger partial charge in [-0.25, -0.2) is 4.99 Å². The topological polar surface area (TPSA) is 41.5 Å². The molecule has 0 bridgehead atoms. The van der Waals surface area contributed by atoms with Crippen molar-refractivity contribution < 1.29 is 4.79 Å². The van der Waals surface area contributed by atoms with Crippen molar-refractivity contribution in [3.8, 4) is 0 Å². The van der Waals surface area contributed by atoms with Gasteiger partial charge in [-0.3, -0.25) is 4.79 Å². The molecule has 0 fully saturated rings. The molecule has 1 amide bonds. The van der Waals surface area contributed by atoms with Crippen LogP contribution in [0.2, 0.25) is 5.02 Å². The Kier molecular flexibility index (Phi) is 6.43. The van der Waals surface area contributed by atoms with Crippen molar-refractivity contribution >= 4 is 45.7 Å². The van der Waals surface area contributed by atoms with Crippen LogP contribution in [0, 0.1) is 0 Å². The van der Waals surface area contributed by atoms with E-state index in [2.05, 4.69) is 5.32 Å². The standard InChI is InChI=1S/C24H23ClN2OS/c25-18-14-12-17(13-15-18)16-26-24-22(23(28)27-19-8-4-3-5-9-19)20-10-6-1-2-7-11-21(20)29-24/h3-5,8-9,12-16H,1-2,6-7,10-11H2,(H,27,28). The molecule has 0 saturated carbocycles. The van der Waals surface area contributed by atoms with E-state index in [0.29, 0.717) is 5.02 Å². The molecule has 3 nitrogen and oxygen atoms in total. The zero-order chi connectivity index (χ0) is 20.1. The zero-order valence-corrected chi connectivity index (χ0v) is 17.7. The van der Waals surface area contributed by atoms with Crippen LogP contribution in [-0.4, -0.2) is 12.1 Å². The normalized spacial score (nSPS) is 14.2. The molecule has 29 heavy (non-hydrogen) atoms. The van der Waals surface area contributed by atoms with Crippen molar-refractivity contribution in [2.45, 2.75) is 38.5 Å². The van der Waals surface area contributed by atoms with Crippen molar-refractivity contribution in [3.05, 3.63) is 81.2 Å². The molecule has 1 N–H and O–H groups in total. The smallest absolute Gasteiger partial charge is 0.259 e. The van der Waals surface area contributed by atoms with E-state index >= 15 is 0 Å². The monoisotopic (exact) mass is 422 g/mol. The van der Waals surface area contributed by atoms with Crippen LogP contribution in [0.25, 0.3) is 0 Å². The summed E-state index contributed by atoms with van der Waals surface area (Å²) < 4.78 is 0. The highest BCUT2D eigenvalue weighted by Crippen LogP contribution is 2.39. The fourth-order valence-electron chi connectivity index (χ4n) is 3.63. The first kappa shape index (κ1) is 19.9. The summed E-state index contributed by atoms with van der Waals surface area (Å²) in [5, 5.41) is 4.54. The Morgan fingerprint density at radius 3 is 2.45 bits per heavy atom. The van der Waals surface area contributed by atoms with Crippen molar-refractivity contribution in [3.63, 3.8) is 0 Å². The summed E-state index contributed by atoms with van der Waals surface area (Å²) in [7, 11) is 0. The highest BCUT2D eigenvalue weighted by Gasteiger charge is 2.24. The van der Waals surface area contributed by atoms with E-state index in [9.17, 15) is 4.79 Å². The summed E-state index contributed by atoms with van der Waals surface area (Å²) in [5.41, 5.74) is 3.69.